The normalized spacial score (nSPS) is 12.3. The summed E-state index contributed by atoms with van der Waals surface area (Å²) in [7, 11) is -2.77. The largest absolute Gasteiger partial charge is 0.326 e. The summed E-state index contributed by atoms with van der Waals surface area (Å²) in [6.45, 7) is 0. The third kappa shape index (κ3) is 11.1. The van der Waals surface area contributed by atoms with Crippen LogP contribution in [0, 0.1) is 0 Å². The van der Waals surface area contributed by atoms with Crippen LogP contribution in [-0.2, 0) is 35.3 Å². The number of alkyl halides is 1. The summed E-state index contributed by atoms with van der Waals surface area (Å²) < 4.78 is 13.4. The smallest absolute Gasteiger partial charge is 0.317 e. The Hall–Kier alpha value is 1.32. The van der Waals surface area contributed by atoms with Crippen LogP contribution in [0.4, 0.5) is 0 Å². The van der Waals surface area contributed by atoms with Gasteiger partial charge in [0.1, 0.15) is 6.07 Å². The second-order valence-corrected chi connectivity index (χ2v) is 1.56. The molecule has 6 heteroatoms. The Morgan fingerprint density at radius 3 is 2.29 bits per heavy atom. The molecule has 0 amide bonds. The Morgan fingerprint density at radius 2 is 2.29 bits per heavy atom. The summed E-state index contributed by atoms with van der Waals surface area (Å²) in [5.74, 6) is 0. The van der Waals surface area contributed by atoms with Crippen molar-refractivity contribution in [1.82, 2.24) is 0 Å². The maximum Gasteiger partial charge on any atom is 0.317 e. The third-order valence-electron chi connectivity index (χ3n) is 0.178. The van der Waals surface area contributed by atoms with Crippen LogP contribution in [0.15, 0.2) is 0 Å². The van der Waals surface area contributed by atoms with Gasteiger partial charge in [0, 0.05) is 26.2 Å². The molecule has 1 unspecified atom stereocenters. The van der Waals surface area contributed by atoms with Crippen LogP contribution in [0.5, 0.6) is 0 Å². The summed E-state index contributed by atoms with van der Waals surface area (Å²) in [6.07, 6.45) is 0. The van der Waals surface area contributed by atoms with E-state index >= 15 is 0 Å². The molecule has 0 saturated carbocycles. The molecule has 0 aliphatic carbocycles. The van der Waals surface area contributed by atoms with Crippen LogP contribution in [0.1, 0.15) is 0 Å². The molecule has 42 valence electrons. The molecule has 3 nitrogen and oxygen atoms in total. The maximum absolute atomic E-state index is 9.48. The fourth-order valence-electron chi connectivity index (χ4n) is 0.0467. The Kier molecular flexibility index (Phi) is 11.7. The van der Waals surface area contributed by atoms with E-state index in [2.05, 4.69) is 4.52 Å². The average Bonchev–Trinajstić information content (AvgIpc) is 1.35. The van der Waals surface area contributed by atoms with Gasteiger partial charge in [-0.05, 0) is 0 Å². The van der Waals surface area contributed by atoms with Gasteiger partial charge in [-0.1, -0.05) is 11.6 Å². The SMILES string of the molecule is O=[PH](O)OCCl.[Zr]. The van der Waals surface area contributed by atoms with Crippen molar-refractivity contribution in [2.24, 2.45) is 0 Å². The van der Waals surface area contributed by atoms with Crippen molar-refractivity contribution in [3.63, 3.8) is 0 Å². The molecule has 0 radical (unpaired) electrons. The fraction of sp³-hybridized carbons (Fsp3) is 1.00. The van der Waals surface area contributed by atoms with Gasteiger partial charge in [-0.3, -0.25) is 9.09 Å². The third-order valence-corrected chi connectivity index (χ3v) is 0.861. The summed E-state index contributed by atoms with van der Waals surface area (Å²) in [4.78, 5) is 7.79. The van der Waals surface area contributed by atoms with Crippen molar-refractivity contribution in [1.29, 1.82) is 0 Å². The zero-order valence-electron chi connectivity index (χ0n) is 3.35. The first-order chi connectivity index (χ1) is 2.77. The number of hydrogen-bond donors (Lipinski definition) is 1. The Balaban J connectivity index is 0. The van der Waals surface area contributed by atoms with Gasteiger partial charge in [0.05, 0.1) is 0 Å². The van der Waals surface area contributed by atoms with Crippen molar-refractivity contribution >= 4 is 19.9 Å². The van der Waals surface area contributed by atoms with Crippen molar-refractivity contribution in [2.45, 2.75) is 0 Å². The van der Waals surface area contributed by atoms with E-state index in [-0.39, 0.29) is 32.3 Å². The molecule has 0 bridgehead atoms. The van der Waals surface area contributed by atoms with E-state index in [1.807, 2.05) is 0 Å². The van der Waals surface area contributed by atoms with Gasteiger partial charge >= 0.3 is 8.25 Å². The monoisotopic (exact) mass is 220 g/mol. The molecule has 0 aromatic carbocycles. The molecule has 0 spiro atoms. The molecule has 0 fully saturated rings. The molecule has 0 aliphatic rings. The Labute approximate surface area is 66.1 Å². The summed E-state index contributed by atoms with van der Waals surface area (Å²) >= 11 is 4.84. The maximum atomic E-state index is 9.48. The van der Waals surface area contributed by atoms with E-state index in [1.54, 1.807) is 0 Å². The molecule has 1 atom stereocenters. The topological polar surface area (TPSA) is 46.5 Å². The minimum absolute atomic E-state index is 0. The van der Waals surface area contributed by atoms with Crippen molar-refractivity contribution < 1.29 is 40.2 Å². The molecular formula is CH4ClO3PZr. The van der Waals surface area contributed by atoms with Crippen LogP contribution in [-0.4, -0.2) is 11.0 Å². The first-order valence-corrected chi connectivity index (χ1v) is 2.99. The predicted octanol–water partition coefficient (Wildman–Crippen LogP) is 0.579. The number of halogens is 1. The molecule has 0 aliphatic heterocycles. The van der Waals surface area contributed by atoms with Crippen molar-refractivity contribution in [3.8, 4) is 0 Å². The molecule has 0 rings (SSSR count). The van der Waals surface area contributed by atoms with E-state index in [0.717, 1.165) is 0 Å². The minimum Gasteiger partial charge on any atom is -0.326 e. The average molecular weight is 222 g/mol. The first-order valence-electron chi connectivity index (χ1n) is 1.19. The Bertz CT molecular complexity index is 58.9. The van der Waals surface area contributed by atoms with Crippen molar-refractivity contribution in [3.05, 3.63) is 0 Å². The zero-order chi connectivity index (χ0) is 4.99. The van der Waals surface area contributed by atoms with Crippen LogP contribution in [0.25, 0.3) is 0 Å². The van der Waals surface area contributed by atoms with E-state index < -0.39 is 8.25 Å². The Morgan fingerprint density at radius 1 is 1.86 bits per heavy atom. The van der Waals surface area contributed by atoms with E-state index in [9.17, 15) is 4.57 Å². The van der Waals surface area contributed by atoms with Crippen LogP contribution in [0.3, 0.4) is 0 Å². The van der Waals surface area contributed by atoms with E-state index in [0.29, 0.717) is 0 Å². The van der Waals surface area contributed by atoms with Crippen molar-refractivity contribution in [2.75, 3.05) is 6.07 Å². The number of hydrogen-bond acceptors (Lipinski definition) is 2. The van der Waals surface area contributed by atoms with Gasteiger partial charge in [-0.2, -0.15) is 0 Å². The molecular weight excluding hydrogens is 218 g/mol. The van der Waals surface area contributed by atoms with Crippen LogP contribution >= 0.6 is 19.9 Å². The van der Waals surface area contributed by atoms with Gasteiger partial charge in [0.25, 0.3) is 0 Å². The van der Waals surface area contributed by atoms with Gasteiger partial charge in [0.2, 0.25) is 0 Å². The summed E-state index contributed by atoms with van der Waals surface area (Å²) in [5, 5.41) is 0. The van der Waals surface area contributed by atoms with Gasteiger partial charge in [-0.15, -0.1) is 0 Å². The molecule has 0 aromatic rings. The second-order valence-electron chi connectivity index (χ2n) is 0.519. The fourth-order valence-corrected chi connectivity index (χ4v) is 0.420. The summed E-state index contributed by atoms with van der Waals surface area (Å²) in [5.41, 5.74) is 0. The van der Waals surface area contributed by atoms with Crippen LogP contribution in [0.2, 0.25) is 0 Å². The second kappa shape index (κ2) is 7.32. The van der Waals surface area contributed by atoms with Crippen LogP contribution < -0.4 is 0 Å². The summed E-state index contributed by atoms with van der Waals surface area (Å²) in [6, 6.07) is -0.214. The van der Waals surface area contributed by atoms with Gasteiger partial charge in [-0.25, -0.2) is 0 Å². The van der Waals surface area contributed by atoms with E-state index in [4.69, 9.17) is 16.5 Å². The quantitative estimate of drug-likeness (QED) is 0.548. The molecule has 0 saturated heterocycles. The van der Waals surface area contributed by atoms with Gasteiger partial charge < -0.3 is 4.89 Å². The molecule has 0 heterocycles. The molecule has 0 aromatic heterocycles. The van der Waals surface area contributed by atoms with Gasteiger partial charge in [0.15, 0.2) is 0 Å². The minimum atomic E-state index is -2.77. The van der Waals surface area contributed by atoms with E-state index in [1.165, 1.54) is 0 Å². The zero-order valence-corrected chi connectivity index (χ0v) is 7.56. The molecule has 7 heavy (non-hydrogen) atoms. The predicted molar refractivity (Wildman–Crippen MR) is 23.0 cm³/mol. The first kappa shape index (κ1) is 11.2. The molecule has 1 N–H and O–H groups in total. The number of rotatable bonds is 2. The standard InChI is InChI=1S/CH4ClO3P.Zr/c2-1-5-6(3)4;/h6H,1H2,(H,3,4);.